The van der Waals surface area contributed by atoms with Crippen molar-refractivity contribution in [3.05, 3.63) is 60.2 Å². The normalized spacial score (nSPS) is 10.5. The van der Waals surface area contributed by atoms with Gasteiger partial charge in [-0.15, -0.1) is 0 Å². The number of pyridine rings is 2. The molecule has 2 aromatic rings. The monoisotopic (exact) mass is 332 g/mol. The molecule has 0 atom stereocenters. The van der Waals surface area contributed by atoms with Crippen LogP contribution in [0.5, 0.6) is 0 Å². The summed E-state index contributed by atoms with van der Waals surface area (Å²) >= 11 is 0. The van der Waals surface area contributed by atoms with Gasteiger partial charge in [-0.25, -0.2) is 0 Å². The Morgan fingerprint density at radius 1 is 0.833 bits per heavy atom. The molecule has 0 aliphatic carbocycles. The molecule has 0 spiro atoms. The quantitative estimate of drug-likeness (QED) is 0.458. The van der Waals surface area contributed by atoms with Crippen LogP contribution in [0, 0.1) is 0 Å². The minimum absolute atomic E-state index is 0.286. The number of ether oxygens (including phenoxy) is 2. The second-order valence-corrected chi connectivity index (χ2v) is 5.02. The van der Waals surface area contributed by atoms with Gasteiger partial charge in [-0.1, -0.05) is 0 Å². The van der Waals surface area contributed by atoms with Crippen LogP contribution in [0.15, 0.2) is 49.1 Å². The number of nitrogens with two attached hydrogens (primary N) is 2. The Labute approximate surface area is 139 Å². The summed E-state index contributed by atoms with van der Waals surface area (Å²) in [6.07, 6.45) is 6.79. The molecule has 0 aliphatic rings. The van der Waals surface area contributed by atoms with Crippen molar-refractivity contribution in [3.63, 3.8) is 0 Å². The van der Waals surface area contributed by atoms with Crippen molar-refractivity contribution in [2.24, 2.45) is 11.5 Å². The van der Waals surface area contributed by atoms with Gasteiger partial charge in [0.1, 0.15) is 11.1 Å². The molecule has 0 fully saturated rings. The van der Waals surface area contributed by atoms with Crippen LogP contribution in [0.4, 0.5) is 0 Å². The highest BCUT2D eigenvalue weighted by Crippen LogP contribution is 1.93. The van der Waals surface area contributed by atoms with E-state index in [4.69, 9.17) is 20.9 Å². The molecule has 0 bridgehead atoms. The van der Waals surface area contributed by atoms with Crippen molar-refractivity contribution >= 4 is 11.8 Å². The molecular formula is C16H20N4O4+2. The van der Waals surface area contributed by atoms with Crippen LogP contribution in [0.2, 0.25) is 0 Å². The maximum atomic E-state index is 11.1. The maximum absolute atomic E-state index is 11.1. The minimum atomic E-state index is -0.483. The largest absolute Gasteiger partial charge is 0.365 e. The Hall–Kier alpha value is -2.84. The average Bonchev–Trinajstić information content (AvgIpc) is 2.58. The van der Waals surface area contributed by atoms with Gasteiger partial charge in [0.2, 0.25) is 0 Å². The molecule has 2 aromatic heterocycles. The molecule has 8 heteroatoms. The van der Waals surface area contributed by atoms with Crippen LogP contribution >= 0.6 is 0 Å². The third-order valence-electron chi connectivity index (χ3n) is 3.14. The number of primary amides is 2. The zero-order chi connectivity index (χ0) is 17.4. The van der Waals surface area contributed by atoms with E-state index in [1.165, 1.54) is 0 Å². The second kappa shape index (κ2) is 8.70. The van der Waals surface area contributed by atoms with Crippen LogP contribution in [-0.4, -0.2) is 25.0 Å². The molecule has 0 saturated carbocycles. The highest BCUT2D eigenvalue weighted by Gasteiger charge is 2.08. The summed E-state index contributed by atoms with van der Waals surface area (Å²) < 4.78 is 14.3. The number of hydrogen-bond donors (Lipinski definition) is 2. The van der Waals surface area contributed by atoms with Gasteiger partial charge in [0, 0.05) is 12.1 Å². The predicted molar refractivity (Wildman–Crippen MR) is 82.2 cm³/mol. The second-order valence-electron chi connectivity index (χ2n) is 5.02. The highest BCUT2D eigenvalue weighted by atomic mass is 16.5. The zero-order valence-electron chi connectivity index (χ0n) is 13.1. The Morgan fingerprint density at radius 2 is 1.25 bits per heavy atom. The lowest BCUT2D eigenvalue weighted by Gasteiger charge is -2.03. The first-order chi connectivity index (χ1) is 11.6. The van der Waals surface area contributed by atoms with Crippen molar-refractivity contribution in [2.75, 3.05) is 13.2 Å². The zero-order valence-corrected chi connectivity index (χ0v) is 13.1. The van der Waals surface area contributed by atoms with Gasteiger partial charge < -0.3 is 20.9 Å². The first kappa shape index (κ1) is 17.5. The first-order valence-corrected chi connectivity index (χ1v) is 7.29. The lowest BCUT2D eigenvalue weighted by Crippen LogP contribution is -2.37. The molecule has 0 radical (unpaired) electrons. The van der Waals surface area contributed by atoms with Crippen LogP contribution in [0.25, 0.3) is 0 Å². The predicted octanol–water partition coefficient (Wildman–Crippen LogP) is -0.892. The fourth-order valence-corrected chi connectivity index (χ4v) is 1.95. The van der Waals surface area contributed by atoms with Crippen LogP contribution in [0.1, 0.15) is 20.7 Å². The van der Waals surface area contributed by atoms with Gasteiger partial charge in [0.25, 0.3) is 25.3 Å². The van der Waals surface area contributed by atoms with Crippen molar-refractivity contribution in [3.8, 4) is 0 Å². The molecule has 0 unspecified atom stereocenters. The summed E-state index contributed by atoms with van der Waals surface area (Å²) in [5.41, 5.74) is 11.3. The molecule has 2 rings (SSSR count). The molecule has 2 amide bonds. The Bertz CT molecular complexity index is 659. The third kappa shape index (κ3) is 5.41. The number of rotatable bonds is 9. The summed E-state index contributed by atoms with van der Waals surface area (Å²) in [5, 5.41) is 0. The molecule has 0 saturated heterocycles. The number of carbonyl (C=O) groups is 2. The Morgan fingerprint density at radius 3 is 1.62 bits per heavy atom. The van der Waals surface area contributed by atoms with E-state index in [2.05, 4.69) is 0 Å². The van der Waals surface area contributed by atoms with Gasteiger partial charge in [-0.05, 0) is 12.1 Å². The maximum Gasteiger partial charge on any atom is 0.254 e. The summed E-state index contributed by atoms with van der Waals surface area (Å²) in [6, 6.07) is 6.73. The van der Waals surface area contributed by atoms with E-state index in [-0.39, 0.29) is 13.5 Å². The van der Waals surface area contributed by atoms with Gasteiger partial charge in [0.05, 0.1) is 13.2 Å². The van der Waals surface area contributed by atoms with Gasteiger partial charge in [-0.3, -0.25) is 9.59 Å². The average molecular weight is 332 g/mol. The molecule has 0 aromatic carbocycles. The van der Waals surface area contributed by atoms with E-state index in [0.29, 0.717) is 24.3 Å². The number of nitrogens with zero attached hydrogens (tertiary/aromatic N) is 2. The van der Waals surface area contributed by atoms with Crippen molar-refractivity contribution in [1.29, 1.82) is 0 Å². The Balaban J connectivity index is 1.68. The lowest BCUT2D eigenvalue weighted by molar-refractivity contribution is -0.737. The van der Waals surface area contributed by atoms with Gasteiger partial charge >= 0.3 is 0 Å². The van der Waals surface area contributed by atoms with Crippen molar-refractivity contribution in [2.45, 2.75) is 13.5 Å². The van der Waals surface area contributed by atoms with E-state index >= 15 is 0 Å². The SMILES string of the molecule is NC(=O)c1ccc[n+](COCCOC[n+]2cccc(C(N)=O)c2)c1. The smallest absolute Gasteiger partial charge is 0.254 e. The molecule has 8 nitrogen and oxygen atoms in total. The molecule has 24 heavy (non-hydrogen) atoms. The number of hydrogen-bond acceptors (Lipinski definition) is 4. The first-order valence-electron chi connectivity index (χ1n) is 7.29. The standard InChI is InChI=1S/C16H18N4O4/c17-15(21)13-3-1-5-19(9-13)11-23-7-8-24-12-20-6-2-4-14(10-20)16(18)22/h1-6,9-10H,7-8,11-12H2,(H2-2,17,18,21,22)/p+2. The highest BCUT2D eigenvalue weighted by molar-refractivity contribution is 5.92. The summed E-state index contributed by atoms with van der Waals surface area (Å²) in [7, 11) is 0. The fourth-order valence-electron chi connectivity index (χ4n) is 1.95. The van der Waals surface area contributed by atoms with Crippen LogP contribution < -0.4 is 20.6 Å². The summed E-state index contributed by atoms with van der Waals surface area (Å²) in [6.45, 7) is 1.33. The number of amides is 2. The van der Waals surface area contributed by atoms with Gasteiger partial charge in [0.15, 0.2) is 24.8 Å². The van der Waals surface area contributed by atoms with Gasteiger partial charge in [-0.2, -0.15) is 9.13 Å². The molecule has 0 aliphatic heterocycles. The van der Waals surface area contributed by atoms with E-state index in [1.807, 2.05) is 0 Å². The topological polar surface area (TPSA) is 112 Å². The molecule has 126 valence electrons. The molecule has 2 heterocycles. The molecular weight excluding hydrogens is 312 g/mol. The number of aromatic nitrogens is 2. The van der Waals surface area contributed by atoms with E-state index < -0.39 is 11.8 Å². The summed E-state index contributed by atoms with van der Waals surface area (Å²) in [5.74, 6) is -0.967. The number of carbonyl (C=O) groups excluding carboxylic acids is 2. The minimum Gasteiger partial charge on any atom is -0.365 e. The third-order valence-corrected chi connectivity index (χ3v) is 3.14. The van der Waals surface area contributed by atoms with Crippen molar-refractivity contribution in [1.82, 2.24) is 0 Å². The van der Waals surface area contributed by atoms with Crippen LogP contribution in [0.3, 0.4) is 0 Å². The summed E-state index contributed by atoms with van der Waals surface area (Å²) in [4.78, 5) is 22.2. The fraction of sp³-hybridized carbons (Fsp3) is 0.250. The van der Waals surface area contributed by atoms with E-state index in [0.717, 1.165) is 0 Å². The van der Waals surface area contributed by atoms with Crippen molar-refractivity contribution < 1.29 is 28.2 Å². The lowest BCUT2D eigenvalue weighted by atomic mass is 10.3. The van der Waals surface area contributed by atoms with E-state index in [1.54, 1.807) is 58.2 Å². The van der Waals surface area contributed by atoms with Crippen LogP contribution in [-0.2, 0) is 22.9 Å². The Kier molecular flexibility index (Phi) is 6.35. The molecule has 4 N–H and O–H groups in total. The van der Waals surface area contributed by atoms with E-state index in [9.17, 15) is 9.59 Å².